The number of aliphatic hydroxyl groups is 1. The molecule has 1 aromatic carbocycles. The van der Waals surface area contributed by atoms with Crippen LogP contribution in [0.2, 0.25) is 0 Å². The van der Waals surface area contributed by atoms with E-state index >= 15 is 0 Å². The Morgan fingerprint density at radius 3 is 2.42 bits per heavy atom. The van der Waals surface area contributed by atoms with Gasteiger partial charge < -0.3 is 16.6 Å². The maximum Gasteiger partial charge on any atom is 0.0360 e. The average Bonchev–Trinajstić information content (AvgIpc) is 2.13. The molecule has 0 aromatic heterocycles. The van der Waals surface area contributed by atoms with E-state index in [1.807, 2.05) is 18.2 Å². The van der Waals surface area contributed by atoms with Gasteiger partial charge in [-0.15, -0.1) is 0 Å². The van der Waals surface area contributed by atoms with E-state index in [0.29, 0.717) is 6.54 Å². The minimum absolute atomic E-state index is 0.491. The smallest absolute Gasteiger partial charge is 0.0360 e. The molecule has 0 spiro atoms. The van der Waals surface area contributed by atoms with Crippen LogP contribution in [0.15, 0.2) is 22.7 Å². The summed E-state index contributed by atoms with van der Waals surface area (Å²) in [6.45, 7) is 0.491. The summed E-state index contributed by atoms with van der Waals surface area (Å²) in [5.41, 5.74) is 12.8. The van der Waals surface area contributed by atoms with Gasteiger partial charge >= 0.3 is 0 Å². The minimum atomic E-state index is 0.491. The number of anilines is 1. The summed E-state index contributed by atoms with van der Waals surface area (Å²) >= 11 is 3.33. The second-order valence-electron chi connectivity index (χ2n) is 2.05. The van der Waals surface area contributed by atoms with Gasteiger partial charge in [0.25, 0.3) is 0 Å². The number of hydrogen-bond acceptors (Lipinski definition) is 3. The molecule has 0 bridgehead atoms. The molecule has 0 amide bonds. The van der Waals surface area contributed by atoms with Crippen LogP contribution in [-0.4, -0.2) is 12.2 Å². The van der Waals surface area contributed by atoms with Gasteiger partial charge in [0.2, 0.25) is 0 Å². The first-order chi connectivity index (χ1) is 5.74. The van der Waals surface area contributed by atoms with E-state index in [2.05, 4.69) is 15.9 Å². The third-order valence-corrected chi connectivity index (χ3v) is 1.82. The third-order valence-electron chi connectivity index (χ3n) is 1.32. The highest BCUT2D eigenvalue weighted by Crippen LogP contribution is 2.17. The molecule has 1 aromatic rings. The summed E-state index contributed by atoms with van der Waals surface area (Å²) in [5, 5.41) is 7.00. The van der Waals surface area contributed by atoms with Gasteiger partial charge in [0.15, 0.2) is 0 Å². The molecule has 0 unspecified atom stereocenters. The Balaban J connectivity index is 0.000000561. The molecular formula is C8H13BrN2O. The average molecular weight is 233 g/mol. The molecule has 0 radical (unpaired) electrons. The molecule has 4 heteroatoms. The van der Waals surface area contributed by atoms with E-state index in [1.54, 1.807) is 0 Å². The van der Waals surface area contributed by atoms with Gasteiger partial charge in [-0.3, -0.25) is 0 Å². The summed E-state index contributed by atoms with van der Waals surface area (Å²) in [5.74, 6) is 0. The van der Waals surface area contributed by atoms with Crippen LogP contribution in [0.5, 0.6) is 0 Å². The van der Waals surface area contributed by atoms with Crippen molar-refractivity contribution in [1.29, 1.82) is 0 Å². The van der Waals surface area contributed by atoms with Crippen LogP contribution in [0, 0.1) is 0 Å². The van der Waals surface area contributed by atoms with Crippen molar-refractivity contribution in [3.8, 4) is 0 Å². The van der Waals surface area contributed by atoms with Crippen molar-refractivity contribution in [1.82, 2.24) is 0 Å². The first-order valence-electron chi connectivity index (χ1n) is 3.42. The zero-order chi connectivity index (χ0) is 9.56. The van der Waals surface area contributed by atoms with Crippen LogP contribution >= 0.6 is 15.9 Å². The Hall–Kier alpha value is -0.580. The van der Waals surface area contributed by atoms with Crippen LogP contribution < -0.4 is 11.5 Å². The van der Waals surface area contributed by atoms with Gasteiger partial charge in [-0.2, -0.15) is 0 Å². The summed E-state index contributed by atoms with van der Waals surface area (Å²) in [6.07, 6.45) is 0. The molecular weight excluding hydrogens is 220 g/mol. The van der Waals surface area contributed by atoms with Crippen molar-refractivity contribution in [2.45, 2.75) is 6.54 Å². The lowest BCUT2D eigenvalue weighted by molar-refractivity contribution is 0.399. The molecule has 0 saturated carbocycles. The Kier molecular flexibility index (Phi) is 5.70. The van der Waals surface area contributed by atoms with Crippen molar-refractivity contribution in [3.05, 3.63) is 28.2 Å². The summed E-state index contributed by atoms with van der Waals surface area (Å²) in [7, 11) is 1.00. The monoisotopic (exact) mass is 232 g/mol. The van der Waals surface area contributed by atoms with E-state index in [1.165, 1.54) is 0 Å². The summed E-state index contributed by atoms with van der Waals surface area (Å²) < 4.78 is 1.02. The van der Waals surface area contributed by atoms with Gasteiger partial charge in [-0.1, -0.05) is 15.9 Å². The Morgan fingerprint density at radius 1 is 1.42 bits per heavy atom. The molecule has 0 fully saturated rings. The predicted molar refractivity (Wildman–Crippen MR) is 54.6 cm³/mol. The maximum absolute atomic E-state index is 7.00. The van der Waals surface area contributed by atoms with Gasteiger partial charge in [-0.05, 0) is 23.8 Å². The van der Waals surface area contributed by atoms with E-state index in [-0.39, 0.29) is 0 Å². The first kappa shape index (κ1) is 11.4. The van der Waals surface area contributed by atoms with Gasteiger partial charge in [0.1, 0.15) is 0 Å². The summed E-state index contributed by atoms with van der Waals surface area (Å²) in [6, 6.07) is 5.66. The molecule has 1 rings (SSSR count). The molecule has 68 valence electrons. The fourth-order valence-corrected chi connectivity index (χ4v) is 1.16. The van der Waals surface area contributed by atoms with E-state index < -0.39 is 0 Å². The summed E-state index contributed by atoms with van der Waals surface area (Å²) in [4.78, 5) is 0. The molecule has 0 aliphatic rings. The molecule has 5 N–H and O–H groups in total. The Bertz CT molecular complexity index is 240. The van der Waals surface area contributed by atoms with Crippen molar-refractivity contribution in [2.24, 2.45) is 5.73 Å². The molecule has 0 atom stereocenters. The molecule has 3 nitrogen and oxygen atoms in total. The fraction of sp³-hybridized carbons (Fsp3) is 0.250. The SMILES string of the molecule is CO.NCc1cc(Br)ccc1N. The number of halogens is 1. The van der Waals surface area contributed by atoms with Crippen molar-refractivity contribution in [2.75, 3.05) is 12.8 Å². The largest absolute Gasteiger partial charge is 0.400 e. The van der Waals surface area contributed by atoms with E-state index in [4.69, 9.17) is 16.6 Å². The van der Waals surface area contributed by atoms with Crippen LogP contribution in [0.25, 0.3) is 0 Å². The molecule has 0 aliphatic carbocycles. The van der Waals surface area contributed by atoms with Gasteiger partial charge in [-0.25, -0.2) is 0 Å². The zero-order valence-electron chi connectivity index (χ0n) is 6.92. The number of benzene rings is 1. The van der Waals surface area contributed by atoms with Crippen LogP contribution in [0.1, 0.15) is 5.56 Å². The second-order valence-corrected chi connectivity index (χ2v) is 2.96. The van der Waals surface area contributed by atoms with Crippen LogP contribution in [0.3, 0.4) is 0 Å². The van der Waals surface area contributed by atoms with Crippen molar-refractivity contribution >= 4 is 21.6 Å². The lowest BCUT2D eigenvalue weighted by Crippen LogP contribution is -2.00. The van der Waals surface area contributed by atoms with Crippen LogP contribution in [-0.2, 0) is 6.54 Å². The topological polar surface area (TPSA) is 72.3 Å². The number of nitrogens with two attached hydrogens (primary N) is 2. The van der Waals surface area contributed by atoms with Crippen molar-refractivity contribution in [3.63, 3.8) is 0 Å². The molecule has 12 heavy (non-hydrogen) atoms. The number of aliphatic hydroxyl groups excluding tert-OH is 1. The quantitative estimate of drug-likeness (QED) is 0.636. The second kappa shape index (κ2) is 5.99. The third kappa shape index (κ3) is 3.21. The number of nitrogen functional groups attached to an aromatic ring is 1. The number of rotatable bonds is 1. The standard InChI is InChI=1S/C7H9BrN2.CH4O/c8-6-1-2-7(10)5(3-6)4-9;1-2/h1-3H,4,9-10H2;2H,1H3. The minimum Gasteiger partial charge on any atom is -0.400 e. The zero-order valence-corrected chi connectivity index (χ0v) is 8.51. The Labute approximate surface area is 80.5 Å². The normalized spacial score (nSPS) is 8.67. The maximum atomic E-state index is 7.00. The van der Waals surface area contributed by atoms with E-state index in [0.717, 1.165) is 22.8 Å². The first-order valence-corrected chi connectivity index (χ1v) is 4.22. The highest BCUT2D eigenvalue weighted by atomic mass is 79.9. The predicted octanol–water partition coefficient (Wildman–Crippen LogP) is 1.10. The molecule has 0 heterocycles. The van der Waals surface area contributed by atoms with Crippen molar-refractivity contribution < 1.29 is 5.11 Å². The fourth-order valence-electron chi connectivity index (χ4n) is 0.751. The highest BCUT2D eigenvalue weighted by molar-refractivity contribution is 9.10. The van der Waals surface area contributed by atoms with Gasteiger partial charge in [0, 0.05) is 23.8 Å². The van der Waals surface area contributed by atoms with Gasteiger partial charge in [0.05, 0.1) is 0 Å². The molecule has 0 saturated heterocycles. The Morgan fingerprint density at radius 2 is 2.00 bits per heavy atom. The lowest BCUT2D eigenvalue weighted by atomic mass is 10.2. The number of hydrogen-bond donors (Lipinski definition) is 3. The highest BCUT2D eigenvalue weighted by Gasteiger charge is 1.95. The lowest BCUT2D eigenvalue weighted by Gasteiger charge is -2.01. The van der Waals surface area contributed by atoms with Crippen LogP contribution in [0.4, 0.5) is 5.69 Å². The van der Waals surface area contributed by atoms with E-state index in [9.17, 15) is 0 Å². The molecule has 0 aliphatic heterocycles.